The fraction of sp³-hybridized carbons (Fsp3) is 0.923. The Bertz CT molecular complexity index is 273. The first kappa shape index (κ1) is 12.3. The SMILES string of the molecule is CC1CCCN(CC2(CC(N)=S)CC2)C1C. The third-order valence-corrected chi connectivity index (χ3v) is 4.69. The molecule has 2 unspecified atom stereocenters. The summed E-state index contributed by atoms with van der Waals surface area (Å²) in [6.07, 6.45) is 6.35. The maximum absolute atomic E-state index is 5.70. The van der Waals surface area contributed by atoms with Gasteiger partial charge in [-0.25, -0.2) is 0 Å². The van der Waals surface area contributed by atoms with Gasteiger partial charge in [0.1, 0.15) is 0 Å². The van der Waals surface area contributed by atoms with Gasteiger partial charge < -0.3 is 5.73 Å². The number of nitrogens with zero attached hydrogens (tertiary/aromatic N) is 1. The molecule has 0 amide bonds. The van der Waals surface area contributed by atoms with E-state index >= 15 is 0 Å². The van der Waals surface area contributed by atoms with Gasteiger partial charge >= 0.3 is 0 Å². The molecule has 0 aromatic rings. The van der Waals surface area contributed by atoms with Gasteiger partial charge in [-0.05, 0) is 50.5 Å². The molecule has 0 spiro atoms. The van der Waals surface area contributed by atoms with Crippen LogP contribution in [0.25, 0.3) is 0 Å². The van der Waals surface area contributed by atoms with Crippen molar-refractivity contribution in [2.75, 3.05) is 13.1 Å². The molecule has 1 saturated carbocycles. The standard InChI is InChI=1S/C13H24N2S/c1-10-4-3-7-15(11(10)2)9-13(5-6-13)8-12(14)16/h10-11H,3-9H2,1-2H3,(H2,14,16). The average Bonchev–Trinajstić information content (AvgIpc) is 2.92. The van der Waals surface area contributed by atoms with Gasteiger partial charge in [0, 0.05) is 19.0 Å². The van der Waals surface area contributed by atoms with Crippen LogP contribution in [0.1, 0.15) is 46.0 Å². The van der Waals surface area contributed by atoms with Crippen LogP contribution in [0.2, 0.25) is 0 Å². The Labute approximate surface area is 105 Å². The molecule has 1 aliphatic heterocycles. The quantitative estimate of drug-likeness (QED) is 0.766. The molecule has 1 saturated heterocycles. The Balaban J connectivity index is 1.91. The summed E-state index contributed by atoms with van der Waals surface area (Å²) in [6, 6.07) is 0.734. The largest absolute Gasteiger partial charge is 0.393 e. The van der Waals surface area contributed by atoms with Crippen LogP contribution in [0, 0.1) is 11.3 Å². The first-order valence-electron chi connectivity index (χ1n) is 6.55. The lowest BCUT2D eigenvalue weighted by Gasteiger charge is -2.40. The molecule has 0 radical (unpaired) electrons. The van der Waals surface area contributed by atoms with Gasteiger partial charge in [0.05, 0.1) is 4.99 Å². The van der Waals surface area contributed by atoms with E-state index in [1.54, 1.807) is 0 Å². The van der Waals surface area contributed by atoms with Crippen molar-refractivity contribution in [2.45, 2.75) is 52.0 Å². The van der Waals surface area contributed by atoms with Crippen LogP contribution in [0.3, 0.4) is 0 Å². The molecule has 2 atom stereocenters. The smallest absolute Gasteiger partial charge is 0.0733 e. The van der Waals surface area contributed by atoms with Gasteiger partial charge in [-0.1, -0.05) is 19.1 Å². The second-order valence-electron chi connectivity index (χ2n) is 5.97. The van der Waals surface area contributed by atoms with Crippen LogP contribution in [0.5, 0.6) is 0 Å². The van der Waals surface area contributed by atoms with Crippen molar-refractivity contribution in [2.24, 2.45) is 17.1 Å². The summed E-state index contributed by atoms with van der Waals surface area (Å²) >= 11 is 5.06. The van der Waals surface area contributed by atoms with E-state index in [9.17, 15) is 0 Å². The number of hydrogen-bond acceptors (Lipinski definition) is 2. The summed E-state index contributed by atoms with van der Waals surface area (Å²) in [5, 5.41) is 0. The number of likely N-dealkylation sites (tertiary alicyclic amines) is 1. The first-order chi connectivity index (χ1) is 7.52. The van der Waals surface area contributed by atoms with Crippen LogP contribution in [-0.2, 0) is 0 Å². The van der Waals surface area contributed by atoms with Gasteiger partial charge in [0.25, 0.3) is 0 Å². The zero-order chi connectivity index (χ0) is 11.8. The molecule has 1 heterocycles. The third-order valence-electron chi connectivity index (χ3n) is 4.55. The summed E-state index contributed by atoms with van der Waals surface area (Å²) in [6.45, 7) is 7.24. The number of nitrogens with two attached hydrogens (primary N) is 1. The summed E-state index contributed by atoms with van der Waals surface area (Å²) in [7, 11) is 0. The second kappa shape index (κ2) is 4.61. The second-order valence-corrected chi connectivity index (χ2v) is 6.50. The molecule has 2 N–H and O–H groups in total. The van der Waals surface area contributed by atoms with Crippen LogP contribution in [-0.4, -0.2) is 29.0 Å². The predicted octanol–water partition coefficient (Wildman–Crippen LogP) is 2.56. The zero-order valence-corrected chi connectivity index (χ0v) is 11.4. The molecular formula is C13H24N2S. The maximum Gasteiger partial charge on any atom is 0.0733 e. The van der Waals surface area contributed by atoms with E-state index in [0.717, 1.165) is 18.4 Å². The van der Waals surface area contributed by atoms with E-state index in [1.807, 2.05) is 0 Å². The van der Waals surface area contributed by atoms with E-state index in [1.165, 1.54) is 38.8 Å². The molecule has 3 heteroatoms. The van der Waals surface area contributed by atoms with Gasteiger partial charge in [-0.3, -0.25) is 4.90 Å². The molecule has 0 bridgehead atoms. The number of rotatable bonds is 4. The van der Waals surface area contributed by atoms with Crippen molar-refractivity contribution in [3.63, 3.8) is 0 Å². The first-order valence-corrected chi connectivity index (χ1v) is 6.96. The fourth-order valence-electron chi connectivity index (χ4n) is 3.01. The summed E-state index contributed by atoms with van der Waals surface area (Å²) in [4.78, 5) is 3.37. The lowest BCUT2D eigenvalue weighted by Crippen LogP contribution is -2.45. The third kappa shape index (κ3) is 2.75. The van der Waals surface area contributed by atoms with Gasteiger partial charge in [-0.2, -0.15) is 0 Å². The highest BCUT2D eigenvalue weighted by Crippen LogP contribution is 2.50. The lowest BCUT2D eigenvalue weighted by molar-refractivity contribution is 0.0912. The topological polar surface area (TPSA) is 29.3 Å². The molecule has 2 nitrogen and oxygen atoms in total. The van der Waals surface area contributed by atoms with E-state index in [4.69, 9.17) is 18.0 Å². The Morgan fingerprint density at radius 3 is 2.69 bits per heavy atom. The summed E-state index contributed by atoms with van der Waals surface area (Å²) < 4.78 is 0. The fourth-order valence-corrected chi connectivity index (χ4v) is 3.32. The number of hydrogen-bond donors (Lipinski definition) is 1. The molecule has 0 aromatic carbocycles. The minimum absolute atomic E-state index is 0.456. The van der Waals surface area contributed by atoms with Crippen molar-refractivity contribution in [3.05, 3.63) is 0 Å². The van der Waals surface area contributed by atoms with Crippen molar-refractivity contribution in [1.82, 2.24) is 4.90 Å². The summed E-state index contributed by atoms with van der Waals surface area (Å²) in [5.41, 5.74) is 6.15. The monoisotopic (exact) mass is 240 g/mol. The van der Waals surface area contributed by atoms with Crippen molar-refractivity contribution >= 4 is 17.2 Å². The van der Waals surface area contributed by atoms with Gasteiger partial charge in [0.2, 0.25) is 0 Å². The predicted molar refractivity (Wildman–Crippen MR) is 72.5 cm³/mol. The van der Waals surface area contributed by atoms with Crippen molar-refractivity contribution in [3.8, 4) is 0 Å². The van der Waals surface area contributed by atoms with Crippen molar-refractivity contribution < 1.29 is 0 Å². The zero-order valence-electron chi connectivity index (χ0n) is 10.5. The highest BCUT2D eigenvalue weighted by atomic mass is 32.1. The van der Waals surface area contributed by atoms with Gasteiger partial charge in [-0.15, -0.1) is 0 Å². The molecule has 16 heavy (non-hydrogen) atoms. The normalized spacial score (nSPS) is 33.6. The minimum Gasteiger partial charge on any atom is -0.393 e. The molecule has 2 aliphatic rings. The minimum atomic E-state index is 0.456. The van der Waals surface area contributed by atoms with Crippen LogP contribution in [0.4, 0.5) is 0 Å². The molecule has 2 rings (SSSR count). The van der Waals surface area contributed by atoms with Crippen molar-refractivity contribution in [1.29, 1.82) is 0 Å². The Morgan fingerprint density at radius 2 is 2.12 bits per heavy atom. The van der Waals surface area contributed by atoms with Gasteiger partial charge in [0.15, 0.2) is 0 Å². The Kier molecular flexibility index (Phi) is 3.55. The van der Waals surface area contributed by atoms with Crippen LogP contribution >= 0.6 is 12.2 Å². The molecular weight excluding hydrogens is 216 g/mol. The maximum atomic E-state index is 5.70. The average molecular weight is 240 g/mol. The molecule has 0 aromatic heterocycles. The highest BCUT2D eigenvalue weighted by Gasteiger charge is 2.45. The van der Waals surface area contributed by atoms with Crippen LogP contribution < -0.4 is 5.73 Å². The Morgan fingerprint density at radius 1 is 1.44 bits per heavy atom. The lowest BCUT2D eigenvalue weighted by atomic mass is 9.90. The molecule has 92 valence electrons. The van der Waals surface area contributed by atoms with E-state index < -0.39 is 0 Å². The van der Waals surface area contributed by atoms with E-state index in [-0.39, 0.29) is 0 Å². The Hall–Kier alpha value is -0.150. The summed E-state index contributed by atoms with van der Waals surface area (Å²) in [5.74, 6) is 0.842. The van der Waals surface area contributed by atoms with Crippen LogP contribution in [0.15, 0.2) is 0 Å². The number of thiocarbonyl (C=S) groups is 1. The molecule has 1 aliphatic carbocycles. The highest BCUT2D eigenvalue weighted by molar-refractivity contribution is 7.80. The number of piperidine rings is 1. The molecule has 2 fully saturated rings. The van der Waals surface area contributed by atoms with E-state index in [0.29, 0.717) is 10.4 Å². The van der Waals surface area contributed by atoms with E-state index in [2.05, 4.69) is 18.7 Å².